The zero-order chi connectivity index (χ0) is 12.3. The maximum absolute atomic E-state index is 8.92. The zero-order valence-corrected chi connectivity index (χ0v) is 8.91. The first-order chi connectivity index (χ1) is 8.24. The topological polar surface area (TPSA) is 109 Å². The fourth-order valence-corrected chi connectivity index (χ4v) is 1.46. The van der Waals surface area contributed by atoms with Crippen LogP contribution in [-0.2, 0) is 13.1 Å². The number of nitrogen functional groups attached to an aromatic ring is 1. The molecule has 2 heterocycles. The van der Waals surface area contributed by atoms with Crippen LogP contribution >= 0.6 is 0 Å². The number of nitriles is 2. The van der Waals surface area contributed by atoms with Gasteiger partial charge in [-0.1, -0.05) is 0 Å². The Morgan fingerprint density at radius 1 is 1.29 bits per heavy atom. The highest BCUT2D eigenvalue weighted by atomic mass is 15.3. The third kappa shape index (κ3) is 2.08. The Labute approximate surface area is 97.3 Å². The van der Waals surface area contributed by atoms with E-state index in [0.29, 0.717) is 18.8 Å². The van der Waals surface area contributed by atoms with Gasteiger partial charge in [-0.3, -0.25) is 4.68 Å². The quantitative estimate of drug-likeness (QED) is 0.799. The van der Waals surface area contributed by atoms with Crippen LogP contribution in [0.15, 0.2) is 18.7 Å². The Kier molecular flexibility index (Phi) is 2.75. The summed E-state index contributed by atoms with van der Waals surface area (Å²) in [7, 11) is 0. The first kappa shape index (κ1) is 10.7. The molecule has 0 aliphatic carbocycles. The Morgan fingerprint density at radius 2 is 2.12 bits per heavy atom. The maximum Gasteiger partial charge on any atom is 0.176 e. The van der Waals surface area contributed by atoms with Crippen molar-refractivity contribution in [1.82, 2.24) is 19.3 Å². The second-order valence-corrected chi connectivity index (χ2v) is 3.40. The van der Waals surface area contributed by atoms with E-state index in [1.54, 1.807) is 21.6 Å². The average molecular weight is 227 g/mol. The monoisotopic (exact) mass is 227 g/mol. The van der Waals surface area contributed by atoms with Crippen molar-refractivity contribution in [3.63, 3.8) is 0 Å². The highest BCUT2D eigenvalue weighted by Gasteiger charge is 2.09. The van der Waals surface area contributed by atoms with Crippen LogP contribution < -0.4 is 5.73 Å². The summed E-state index contributed by atoms with van der Waals surface area (Å²) in [6.45, 7) is 1.08. The lowest BCUT2D eigenvalue weighted by molar-refractivity contribution is 0.531. The Morgan fingerprint density at radius 3 is 2.71 bits per heavy atom. The molecule has 2 aromatic heterocycles. The minimum Gasteiger partial charge on any atom is -0.396 e. The summed E-state index contributed by atoms with van der Waals surface area (Å²) in [5, 5.41) is 21.7. The molecule has 0 aliphatic rings. The van der Waals surface area contributed by atoms with Crippen LogP contribution in [0.5, 0.6) is 0 Å². The van der Waals surface area contributed by atoms with E-state index in [2.05, 4.69) is 10.1 Å². The predicted octanol–water partition coefficient (Wildman–Crippen LogP) is 0.105. The zero-order valence-electron chi connectivity index (χ0n) is 8.91. The van der Waals surface area contributed by atoms with Gasteiger partial charge in [0.2, 0.25) is 0 Å². The number of aromatic nitrogens is 4. The van der Waals surface area contributed by atoms with Crippen LogP contribution in [-0.4, -0.2) is 19.3 Å². The van der Waals surface area contributed by atoms with Crippen molar-refractivity contribution >= 4 is 5.69 Å². The summed E-state index contributed by atoms with van der Waals surface area (Å²) in [5.74, 6) is 0. The molecule has 0 aromatic carbocycles. The molecule has 7 nitrogen and oxygen atoms in total. The highest BCUT2D eigenvalue weighted by molar-refractivity contribution is 5.36. The second-order valence-electron chi connectivity index (χ2n) is 3.40. The number of hydrogen-bond acceptors (Lipinski definition) is 5. The third-order valence-corrected chi connectivity index (χ3v) is 2.27. The number of imidazole rings is 1. The summed E-state index contributed by atoms with van der Waals surface area (Å²) in [5.41, 5.74) is 6.54. The van der Waals surface area contributed by atoms with Crippen molar-refractivity contribution in [3.8, 4) is 12.1 Å². The van der Waals surface area contributed by atoms with E-state index in [0.717, 1.165) is 0 Å². The van der Waals surface area contributed by atoms with E-state index in [1.807, 2.05) is 12.1 Å². The molecule has 84 valence electrons. The van der Waals surface area contributed by atoms with Crippen LogP contribution in [0.2, 0.25) is 0 Å². The molecule has 2 aromatic rings. The van der Waals surface area contributed by atoms with Gasteiger partial charge in [0.1, 0.15) is 12.1 Å². The molecule has 2 N–H and O–H groups in total. The van der Waals surface area contributed by atoms with Crippen LogP contribution in [0.4, 0.5) is 5.69 Å². The number of nitrogens with two attached hydrogens (primary N) is 1. The minimum absolute atomic E-state index is 0.146. The van der Waals surface area contributed by atoms with Crippen molar-refractivity contribution in [2.24, 2.45) is 0 Å². The van der Waals surface area contributed by atoms with Gasteiger partial charge in [-0.2, -0.15) is 15.6 Å². The van der Waals surface area contributed by atoms with Crippen LogP contribution in [0.1, 0.15) is 11.4 Å². The van der Waals surface area contributed by atoms with Gasteiger partial charge < -0.3 is 10.3 Å². The second kappa shape index (κ2) is 4.37. The Balaban J connectivity index is 2.13. The lowest BCUT2D eigenvalue weighted by Gasteiger charge is -2.03. The molecular weight excluding hydrogens is 218 g/mol. The first-order valence-corrected chi connectivity index (χ1v) is 4.88. The molecule has 2 rings (SSSR count). The SMILES string of the molecule is N#Cc1ncn(CCn2cc(N)cn2)c1C#N. The average Bonchev–Trinajstić information content (AvgIpc) is 2.91. The molecule has 0 fully saturated rings. The predicted molar refractivity (Wildman–Crippen MR) is 58.3 cm³/mol. The summed E-state index contributed by atoms with van der Waals surface area (Å²) in [4.78, 5) is 3.85. The van der Waals surface area contributed by atoms with E-state index in [4.69, 9.17) is 16.3 Å². The number of rotatable bonds is 3. The van der Waals surface area contributed by atoms with Crippen molar-refractivity contribution in [3.05, 3.63) is 30.1 Å². The van der Waals surface area contributed by atoms with E-state index < -0.39 is 0 Å². The highest BCUT2D eigenvalue weighted by Crippen LogP contribution is 2.06. The van der Waals surface area contributed by atoms with Gasteiger partial charge in [0, 0.05) is 12.7 Å². The maximum atomic E-state index is 8.92. The molecule has 17 heavy (non-hydrogen) atoms. The summed E-state index contributed by atoms with van der Waals surface area (Å²) < 4.78 is 3.29. The molecule has 0 aliphatic heterocycles. The standard InChI is InChI=1S/C10H9N7/c11-3-9-10(4-12)16(7-14-9)1-2-17-6-8(13)5-15-17/h5-7H,1-2,13H2. The molecule has 7 heteroatoms. The van der Waals surface area contributed by atoms with E-state index in [9.17, 15) is 0 Å². The van der Waals surface area contributed by atoms with E-state index in [-0.39, 0.29) is 11.4 Å². The van der Waals surface area contributed by atoms with Crippen molar-refractivity contribution in [1.29, 1.82) is 10.5 Å². The summed E-state index contributed by atoms with van der Waals surface area (Å²) in [6, 6.07) is 3.83. The van der Waals surface area contributed by atoms with Gasteiger partial charge in [-0.15, -0.1) is 0 Å². The molecule has 0 radical (unpaired) electrons. The number of aryl methyl sites for hydroxylation is 2. The van der Waals surface area contributed by atoms with Gasteiger partial charge in [0.25, 0.3) is 0 Å². The summed E-state index contributed by atoms with van der Waals surface area (Å²) in [6.07, 6.45) is 4.73. The molecule has 0 amide bonds. The molecule has 0 bridgehead atoms. The van der Waals surface area contributed by atoms with Gasteiger partial charge in [0.05, 0.1) is 24.8 Å². The summed E-state index contributed by atoms with van der Waals surface area (Å²) >= 11 is 0. The molecule has 0 unspecified atom stereocenters. The number of nitrogens with zero attached hydrogens (tertiary/aromatic N) is 6. The smallest absolute Gasteiger partial charge is 0.176 e. The Hall–Kier alpha value is -2.80. The molecule has 0 saturated heterocycles. The molecule has 0 atom stereocenters. The molecule has 0 spiro atoms. The molecular formula is C10H9N7. The fourth-order valence-electron chi connectivity index (χ4n) is 1.46. The van der Waals surface area contributed by atoms with Crippen molar-refractivity contribution in [2.45, 2.75) is 13.1 Å². The van der Waals surface area contributed by atoms with Gasteiger partial charge >= 0.3 is 0 Å². The van der Waals surface area contributed by atoms with E-state index in [1.165, 1.54) is 6.33 Å². The lowest BCUT2D eigenvalue weighted by Crippen LogP contribution is -2.08. The van der Waals surface area contributed by atoms with Crippen LogP contribution in [0, 0.1) is 22.7 Å². The molecule has 0 saturated carbocycles. The normalized spacial score (nSPS) is 9.76. The van der Waals surface area contributed by atoms with Crippen LogP contribution in [0.25, 0.3) is 0 Å². The minimum atomic E-state index is 0.146. The number of hydrogen-bond donors (Lipinski definition) is 1. The van der Waals surface area contributed by atoms with Crippen molar-refractivity contribution < 1.29 is 0 Å². The van der Waals surface area contributed by atoms with Crippen LogP contribution in [0.3, 0.4) is 0 Å². The lowest BCUT2D eigenvalue weighted by atomic mass is 10.3. The first-order valence-electron chi connectivity index (χ1n) is 4.88. The van der Waals surface area contributed by atoms with Gasteiger partial charge in [-0.05, 0) is 0 Å². The van der Waals surface area contributed by atoms with Gasteiger partial charge in [-0.25, -0.2) is 4.98 Å². The third-order valence-electron chi connectivity index (χ3n) is 2.27. The fraction of sp³-hybridized carbons (Fsp3) is 0.200. The van der Waals surface area contributed by atoms with Crippen molar-refractivity contribution in [2.75, 3.05) is 5.73 Å². The number of anilines is 1. The van der Waals surface area contributed by atoms with E-state index >= 15 is 0 Å². The Bertz CT molecular complexity index is 607. The van der Waals surface area contributed by atoms with Gasteiger partial charge in [0.15, 0.2) is 11.4 Å². The largest absolute Gasteiger partial charge is 0.396 e.